The van der Waals surface area contributed by atoms with Crippen molar-refractivity contribution in [2.24, 2.45) is 11.8 Å². The summed E-state index contributed by atoms with van der Waals surface area (Å²) in [6.07, 6.45) is 2.74. The molecule has 0 spiro atoms. The van der Waals surface area contributed by atoms with Gasteiger partial charge in [0.25, 0.3) is 0 Å². The Morgan fingerprint density at radius 2 is 2.00 bits per heavy atom. The number of hydrogen-bond donors (Lipinski definition) is 3. The van der Waals surface area contributed by atoms with Gasteiger partial charge in [0.2, 0.25) is 0 Å². The second kappa shape index (κ2) is 7.04. The van der Waals surface area contributed by atoms with Gasteiger partial charge in [0.15, 0.2) is 0 Å². The van der Waals surface area contributed by atoms with Crippen LogP contribution >= 0.6 is 0 Å². The minimum Gasteiger partial charge on any atom is -0.315 e. The first kappa shape index (κ1) is 15.9. The van der Waals surface area contributed by atoms with Gasteiger partial charge in [-0.3, -0.25) is 5.43 Å². The van der Waals surface area contributed by atoms with Crippen LogP contribution in [-0.4, -0.2) is 44.7 Å². The van der Waals surface area contributed by atoms with E-state index in [4.69, 9.17) is 0 Å². The van der Waals surface area contributed by atoms with Crippen molar-refractivity contribution in [3.63, 3.8) is 0 Å². The molecule has 1 heterocycles. The van der Waals surface area contributed by atoms with E-state index in [1.807, 2.05) is 12.1 Å². The van der Waals surface area contributed by atoms with E-state index in [1.54, 1.807) is 0 Å². The molecule has 1 aliphatic carbocycles. The lowest BCUT2D eigenvalue weighted by molar-refractivity contribution is 0.251. The van der Waals surface area contributed by atoms with Crippen LogP contribution in [0.2, 0.25) is 0 Å². The summed E-state index contributed by atoms with van der Waals surface area (Å²) >= 11 is 0. The Morgan fingerprint density at radius 3 is 2.64 bits per heavy atom. The lowest BCUT2D eigenvalue weighted by atomic mass is 9.95. The lowest BCUT2D eigenvalue weighted by Crippen LogP contribution is -2.41. The minimum atomic E-state index is -0.178. The molecule has 3 unspecified atom stereocenters. The van der Waals surface area contributed by atoms with Crippen molar-refractivity contribution in [2.75, 3.05) is 33.7 Å². The SMILES string of the molecule is CN(C)C(CNCC1CNNC1c1ccc(F)cc1)C1CC1. The highest BCUT2D eigenvalue weighted by Gasteiger charge is 2.33. The van der Waals surface area contributed by atoms with Gasteiger partial charge in [-0.2, -0.15) is 0 Å². The molecule has 3 atom stereocenters. The first-order valence-corrected chi connectivity index (χ1v) is 8.26. The second-order valence-electron chi connectivity index (χ2n) is 6.84. The molecule has 2 fully saturated rings. The van der Waals surface area contributed by atoms with Crippen molar-refractivity contribution in [3.8, 4) is 0 Å². The lowest BCUT2D eigenvalue weighted by Gasteiger charge is -2.26. The third kappa shape index (κ3) is 3.84. The van der Waals surface area contributed by atoms with Crippen LogP contribution in [0.25, 0.3) is 0 Å². The molecule has 2 aliphatic rings. The third-order valence-corrected chi connectivity index (χ3v) is 4.91. The number of nitrogens with zero attached hydrogens (tertiary/aromatic N) is 1. The standard InChI is InChI=1S/C17H27FN4/c1-22(2)16(12-3-4-12)11-19-9-14-10-20-21-17(14)13-5-7-15(18)8-6-13/h5-8,12,14,16-17,19-21H,3-4,9-11H2,1-2H3. The zero-order chi connectivity index (χ0) is 15.5. The zero-order valence-electron chi connectivity index (χ0n) is 13.5. The highest BCUT2D eigenvalue weighted by molar-refractivity contribution is 5.21. The van der Waals surface area contributed by atoms with Gasteiger partial charge in [-0.15, -0.1) is 0 Å². The minimum absolute atomic E-state index is 0.178. The maximum absolute atomic E-state index is 13.1. The highest BCUT2D eigenvalue weighted by Crippen LogP contribution is 2.34. The van der Waals surface area contributed by atoms with Crippen LogP contribution in [0.3, 0.4) is 0 Å². The highest BCUT2D eigenvalue weighted by atomic mass is 19.1. The maximum Gasteiger partial charge on any atom is 0.123 e. The Kier molecular flexibility index (Phi) is 5.08. The fourth-order valence-electron chi connectivity index (χ4n) is 3.42. The van der Waals surface area contributed by atoms with Crippen molar-refractivity contribution < 1.29 is 4.39 Å². The molecule has 1 saturated heterocycles. The summed E-state index contributed by atoms with van der Waals surface area (Å²) in [6, 6.07) is 7.71. The van der Waals surface area contributed by atoms with Crippen LogP contribution in [0.5, 0.6) is 0 Å². The van der Waals surface area contributed by atoms with Crippen molar-refractivity contribution in [1.29, 1.82) is 0 Å². The number of benzene rings is 1. The Labute approximate surface area is 132 Å². The molecule has 1 aliphatic heterocycles. The van der Waals surface area contributed by atoms with Crippen LogP contribution in [0.4, 0.5) is 4.39 Å². The molecule has 3 N–H and O–H groups in total. The van der Waals surface area contributed by atoms with Gasteiger partial charge in [-0.05, 0) is 50.6 Å². The van der Waals surface area contributed by atoms with E-state index in [0.29, 0.717) is 12.0 Å². The molecule has 1 aromatic carbocycles. The largest absolute Gasteiger partial charge is 0.315 e. The number of hydrogen-bond acceptors (Lipinski definition) is 4. The maximum atomic E-state index is 13.1. The molecular weight excluding hydrogens is 279 g/mol. The van der Waals surface area contributed by atoms with Gasteiger partial charge in [0.1, 0.15) is 5.82 Å². The molecule has 122 valence electrons. The van der Waals surface area contributed by atoms with Gasteiger partial charge in [0.05, 0.1) is 6.04 Å². The Balaban J connectivity index is 1.51. The summed E-state index contributed by atoms with van der Waals surface area (Å²) in [5, 5.41) is 3.65. The number of nitrogens with one attached hydrogen (secondary N) is 3. The van der Waals surface area contributed by atoms with E-state index in [1.165, 1.54) is 25.0 Å². The van der Waals surface area contributed by atoms with Gasteiger partial charge in [-0.25, -0.2) is 9.82 Å². The van der Waals surface area contributed by atoms with E-state index < -0.39 is 0 Å². The van der Waals surface area contributed by atoms with E-state index in [2.05, 4.69) is 35.2 Å². The first-order valence-electron chi connectivity index (χ1n) is 8.26. The molecule has 3 rings (SSSR count). The van der Waals surface area contributed by atoms with E-state index in [9.17, 15) is 4.39 Å². The van der Waals surface area contributed by atoms with Crippen LogP contribution < -0.4 is 16.2 Å². The average molecular weight is 306 g/mol. The number of likely N-dealkylation sites (N-methyl/N-ethyl adjacent to an activating group) is 1. The van der Waals surface area contributed by atoms with Crippen LogP contribution in [0.15, 0.2) is 24.3 Å². The van der Waals surface area contributed by atoms with Gasteiger partial charge in [-0.1, -0.05) is 12.1 Å². The molecule has 5 heteroatoms. The molecule has 1 aromatic rings. The molecule has 0 amide bonds. The Morgan fingerprint density at radius 1 is 1.27 bits per heavy atom. The summed E-state index contributed by atoms with van der Waals surface area (Å²) in [7, 11) is 4.34. The van der Waals surface area contributed by atoms with E-state index in [0.717, 1.165) is 31.1 Å². The molecule has 0 bridgehead atoms. The monoisotopic (exact) mass is 306 g/mol. The van der Waals surface area contributed by atoms with Crippen molar-refractivity contribution >= 4 is 0 Å². The van der Waals surface area contributed by atoms with Crippen molar-refractivity contribution in [1.82, 2.24) is 21.1 Å². The smallest absolute Gasteiger partial charge is 0.123 e. The molecule has 22 heavy (non-hydrogen) atoms. The molecule has 1 saturated carbocycles. The summed E-state index contributed by atoms with van der Waals surface area (Å²) in [4.78, 5) is 2.34. The van der Waals surface area contributed by atoms with Gasteiger partial charge < -0.3 is 10.2 Å². The van der Waals surface area contributed by atoms with Crippen molar-refractivity contribution in [3.05, 3.63) is 35.6 Å². The molecule has 4 nitrogen and oxygen atoms in total. The normalized spacial score (nSPS) is 26.5. The second-order valence-corrected chi connectivity index (χ2v) is 6.84. The predicted octanol–water partition coefficient (Wildman–Crippen LogP) is 1.52. The molecular formula is C17H27FN4. The molecule has 0 radical (unpaired) electrons. The van der Waals surface area contributed by atoms with Crippen LogP contribution in [-0.2, 0) is 0 Å². The zero-order valence-corrected chi connectivity index (χ0v) is 13.5. The summed E-state index contributed by atoms with van der Waals surface area (Å²) < 4.78 is 13.1. The summed E-state index contributed by atoms with van der Waals surface area (Å²) in [5.41, 5.74) is 7.70. The summed E-state index contributed by atoms with van der Waals surface area (Å²) in [6.45, 7) is 2.95. The van der Waals surface area contributed by atoms with Gasteiger partial charge in [0, 0.05) is 31.6 Å². The number of halogens is 1. The van der Waals surface area contributed by atoms with Crippen LogP contribution in [0, 0.1) is 17.7 Å². The topological polar surface area (TPSA) is 39.3 Å². The summed E-state index contributed by atoms with van der Waals surface area (Å²) in [5.74, 6) is 1.17. The fourth-order valence-corrected chi connectivity index (χ4v) is 3.42. The Hall–Kier alpha value is -1.01. The van der Waals surface area contributed by atoms with E-state index in [-0.39, 0.29) is 11.9 Å². The average Bonchev–Trinajstić information content (AvgIpc) is 3.22. The quantitative estimate of drug-likeness (QED) is 0.714. The molecule has 0 aromatic heterocycles. The van der Waals surface area contributed by atoms with E-state index >= 15 is 0 Å². The van der Waals surface area contributed by atoms with Crippen LogP contribution in [0.1, 0.15) is 24.4 Å². The Bertz CT molecular complexity index is 470. The number of hydrazine groups is 1. The van der Waals surface area contributed by atoms with Crippen molar-refractivity contribution in [2.45, 2.75) is 24.9 Å². The predicted molar refractivity (Wildman–Crippen MR) is 86.8 cm³/mol. The first-order chi connectivity index (χ1) is 10.6. The third-order valence-electron chi connectivity index (χ3n) is 4.91. The number of rotatable bonds is 7. The van der Waals surface area contributed by atoms with Gasteiger partial charge >= 0.3 is 0 Å². The fraction of sp³-hybridized carbons (Fsp3) is 0.647.